The molecule has 0 aromatic heterocycles. The van der Waals surface area contributed by atoms with Gasteiger partial charge in [-0.05, 0) is 41.5 Å². The Hall–Kier alpha value is -3.99. The van der Waals surface area contributed by atoms with Crippen molar-refractivity contribution >= 4 is 17.5 Å². The van der Waals surface area contributed by atoms with Crippen molar-refractivity contribution in [2.24, 2.45) is 0 Å². The fourth-order valence-electron chi connectivity index (χ4n) is 3.89. The topological polar surface area (TPSA) is 103 Å². The van der Waals surface area contributed by atoms with Crippen LogP contribution in [0.3, 0.4) is 0 Å². The smallest absolute Gasteiger partial charge is 0.255 e. The monoisotopic (exact) mass is 441 g/mol. The Morgan fingerprint density at radius 2 is 1.85 bits per heavy atom. The van der Waals surface area contributed by atoms with Crippen molar-refractivity contribution < 1.29 is 19.4 Å². The van der Waals surface area contributed by atoms with Crippen LogP contribution in [0.2, 0.25) is 0 Å². The van der Waals surface area contributed by atoms with Crippen molar-refractivity contribution in [3.8, 4) is 6.07 Å². The van der Waals surface area contributed by atoms with Crippen LogP contribution in [0, 0.1) is 11.3 Å². The predicted octanol–water partition coefficient (Wildman–Crippen LogP) is 3.27. The van der Waals surface area contributed by atoms with Crippen LogP contribution in [-0.2, 0) is 16.1 Å². The maximum Gasteiger partial charge on any atom is 0.255 e. The van der Waals surface area contributed by atoms with Crippen LogP contribution in [-0.4, -0.2) is 41.1 Å². The van der Waals surface area contributed by atoms with Gasteiger partial charge >= 0.3 is 0 Å². The minimum atomic E-state index is -0.527. The number of anilines is 1. The quantitative estimate of drug-likeness (QED) is 0.611. The predicted molar refractivity (Wildman–Crippen MR) is 122 cm³/mol. The summed E-state index contributed by atoms with van der Waals surface area (Å²) in [6.45, 7) is 0.0827. The summed E-state index contributed by atoms with van der Waals surface area (Å²) in [6, 6.07) is 24.7. The van der Waals surface area contributed by atoms with Crippen LogP contribution >= 0.6 is 0 Å². The number of hydrogen-bond donors (Lipinski definition) is 2. The van der Waals surface area contributed by atoms with Crippen LogP contribution in [0.1, 0.15) is 33.2 Å². The number of morpholine rings is 1. The third-order valence-electron chi connectivity index (χ3n) is 5.59. The van der Waals surface area contributed by atoms with Gasteiger partial charge in [0, 0.05) is 17.8 Å². The zero-order valence-electron chi connectivity index (χ0n) is 17.8. The zero-order valence-corrected chi connectivity index (χ0v) is 17.8. The summed E-state index contributed by atoms with van der Waals surface area (Å²) in [7, 11) is 0. The molecule has 0 unspecified atom stereocenters. The van der Waals surface area contributed by atoms with E-state index in [9.17, 15) is 14.7 Å². The molecule has 4 rings (SSSR count). The van der Waals surface area contributed by atoms with Crippen LogP contribution in [0.15, 0.2) is 78.9 Å². The van der Waals surface area contributed by atoms with E-state index in [1.165, 1.54) is 6.07 Å². The molecule has 3 aromatic rings. The number of carbonyl (C=O) groups is 2. The van der Waals surface area contributed by atoms with E-state index in [0.717, 1.165) is 11.1 Å². The number of nitriles is 1. The van der Waals surface area contributed by atoms with E-state index in [1.807, 2.05) is 48.5 Å². The van der Waals surface area contributed by atoms with Gasteiger partial charge in [0.1, 0.15) is 12.7 Å². The summed E-state index contributed by atoms with van der Waals surface area (Å²) in [5.74, 6) is -0.487. The van der Waals surface area contributed by atoms with Crippen LogP contribution in [0.25, 0.3) is 0 Å². The number of rotatable bonds is 6. The zero-order chi connectivity index (χ0) is 23.2. The summed E-state index contributed by atoms with van der Waals surface area (Å²) in [5.41, 5.74) is 3.16. The molecule has 7 nitrogen and oxygen atoms in total. The molecule has 0 radical (unpaired) electrons. The van der Waals surface area contributed by atoms with E-state index in [2.05, 4.69) is 5.32 Å². The minimum Gasteiger partial charge on any atom is -0.394 e. The van der Waals surface area contributed by atoms with Crippen molar-refractivity contribution in [3.05, 3.63) is 101 Å². The number of carbonyl (C=O) groups excluding carboxylic acids is 2. The first-order chi connectivity index (χ1) is 16.1. The lowest BCUT2D eigenvalue weighted by Gasteiger charge is -2.40. The number of ether oxygens (including phenoxy) is 1. The van der Waals surface area contributed by atoms with E-state index in [0.29, 0.717) is 23.4 Å². The van der Waals surface area contributed by atoms with Crippen LogP contribution in [0.5, 0.6) is 0 Å². The van der Waals surface area contributed by atoms with Gasteiger partial charge in [-0.1, -0.05) is 48.5 Å². The fourth-order valence-corrected chi connectivity index (χ4v) is 3.89. The van der Waals surface area contributed by atoms with Gasteiger partial charge in [-0.2, -0.15) is 5.26 Å². The molecule has 1 saturated heterocycles. The van der Waals surface area contributed by atoms with E-state index in [4.69, 9.17) is 10.00 Å². The Labute approximate surface area is 191 Å². The molecular formula is C26H23N3O4. The highest BCUT2D eigenvalue weighted by Gasteiger charge is 2.37. The largest absolute Gasteiger partial charge is 0.394 e. The third-order valence-corrected chi connectivity index (χ3v) is 5.59. The SMILES string of the molecule is N#Cc1cccc(C(=O)Nc2ccc([C@H]3OCC(=O)N(Cc4ccccc4)[C@@H]3CO)cc2)c1. The molecule has 1 heterocycles. The number of benzene rings is 3. The number of hydrogen-bond acceptors (Lipinski definition) is 5. The van der Waals surface area contributed by atoms with Gasteiger partial charge in [0.05, 0.1) is 24.3 Å². The van der Waals surface area contributed by atoms with Crippen molar-refractivity contribution in [2.75, 3.05) is 18.5 Å². The van der Waals surface area contributed by atoms with Crippen LogP contribution < -0.4 is 5.32 Å². The lowest BCUT2D eigenvalue weighted by Crippen LogP contribution is -2.52. The molecule has 33 heavy (non-hydrogen) atoms. The van der Waals surface area contributed by atoms with Crippen molar-refractivity contribution in [3.63, 3.8) is 0 Å². The molecule has 0 saturated carbocycles. The first-order valence-electron chi connectivity index (χ1n) is 10.6. The summed E-state index contributed by atoms with van der Waals surface area (Å²) in [4.78, 5) is 26.7. The molecule has 2 amide bonds. The Balaban J connectivity index is 1.48. The minimum absolute atomic E-state index is 0.0677. The molecule has 2 N–H and O–H groups in total. The van der Waals surface area contributed by atoms with Gasteiger partial charge in [0.2, 0.25) is 5.91 Å². The van der Waals surface area contributed by atoms with Gasteiger partial charge in [-0.3, -0.25) is 9.59 Å². The van der Waals surface area contributed by atoms with Crippen molar-refractivity contribution in [2.45, 2.75) is 18.7 Å². The molecule has 166 valence electrons. The van der Waals surface area contributed by atoms with E-state index >= 15 is 0 Å². The molecule has 1 aliphatic heterocycles. The fraction of sp³-hybridized carbons (Fsp3) is 0.192. The molecule has 1 fully saturated rings. The van der Waals surface area contributed by atoms with E-state index in [1.54, 1.807) is 35.2 Å². The first-order valence-corrected chi connectivity index (χ1v) is 10.6. The van der Waals surface area contributed by atoms with E-state index < -0.39 is 12.1 Å². The third kappa shape index (κ3) is 5.09. The lowest BCUT2D eigenvalue weighted by molar-refractivity contribution is -0.162. The number of aliphatic hydroxyl groups excluding tert-OH is 1. The second kappa shape index (κ2) is 10.1. The average molecular weight is 441 g/mol. The lowest BCUT2D eigenvalue weighted by atomic mass is 9.98. The van der Waals surface area contributed by atoms with Gasteiger partial charge in [0.15, 0.2) is 0 Å². The summed E-state index contributed by atoms with van der Waals surface area (Å²) in [5, 5.41) is 21.9. The Morgan fingerprint density at radius 3 is 2.55 bits per heavy atom. The Bertz CT molecular complexity index is 1170. The number of amides is 2. The van der Waals surface area contributed by atoms with E-state index in [-0.39, 0.29) is 25.0 Å². The van der Waals surface area contributed by atoms with Crippen molar-refractivity contribution in [1.82, 2.24) is 4.90 Å². The van der Waals surface area contributed by atoms with Gasteiger partial charge in [-0.15, -0.1) is 0 Å². The van der Waals surface area contributed by atoms with Crippen molar-refractivity contribution in [1.29, 1.82) is 5.26 Å². The number of nitrogens with one attached hydrogen (secondary N) is 1. The maximum atomic E-state index is 12.5. The second-order valence-electron chi connectivity index (χ2n) is 7.76. The standard InChI is InChI=1S/C26H23N3O4/c27-14-19-7-4-8-21(13-19)26(32)28-22-11-9-20(10-12-22)25-23(16-30)29(24(31)17-33-25)15-18-5-2-1-3-6-18/h1-13,23,25,30H,15-17H2,(H,28,32)/t23-,25-/m1/s1. The molecule has 7 heteroatoms. The summed E-state index contributed by atoms with van der Waals surface area (Å²) < 4.78 is 5.79. The molecule has 0 bridgehead atoms. The van der Waals surface area contributed by atoms with Gasteiger partial charge in [-0.25, -0.2) is 0 Å². The summed E-state index contributed by atoms with van der Waals surface area (Å²) >= 11 is 0. The first kappa shape index (κ1) is 22.2. The number of nitrogens with zero attached hydrogens (tertiary/aromatic N) is 2. The second-order valence-corrected chi connectivity index (χ2v) is 7.76. The molecular weight excluding hydrogens is 418 g/mol. The number of aliphatic hydroxyl groups is 1. The highest BCUT2D eigenvalue weighted by atomic mass is 16.5. The Kier molecular flexibility index (Phi) is 6.79. The molecule has 0 spiro atoms. The summed E-state index contributed by atoms with van der Waals surface area (Å²) in [6.07, 6.45) is -0.492. The molecule has 2 atom stereocenters. The van der Waals surface area contributed by atoms with Crippen LogP contribution in [0.4, 0.5) is 5.69 Å². The molecule has 0 aliphatic carbocycles. The van der Waals surface area contributed by atoms with Gasteiger partial charge < -0.3 is 20.1 Å². The highest BCUT2D eigenvalue weighted by molar-refractivity contribution is 6.04. The average Bonchev–Trinajstić information content (AvgIpc) is 2.86. The normalized spacial score (nSPS) is 17.9. The maximum absolute atomic E-state index is 12.5. The molecule has 3 aromatic carbocycles. The Morgan fingerprint density at radius 1 is 1.09 bits per heavy atom. The molecule has 1 aliphatic rings. The van der Waals surface area contributed by atoms with Gasteiger partial charge in [0.25, 0.3) is 5.91 Å². The highest BCUT2D eigenvalue weighted by Crippen LogP contribution is 2.31.